The van der Waals surface area contributed by atoms with E-state index in [2.05, 4.69) is 40.7 Å². The van der Waals surface area contributed by atoms with Crippen molar-refractivity contribution in [2.24, 2.45) is 0 Å². The van der Waals surface area contributed by atoms with Crippen molar-refractivity contribution in [3.05, 3.63) is 0 Å². The molecule has 104 valence electrons. The van der Waals surface area contributed by atoms with Gasteiger partial charge in [0.05, 0.1) is 0 Å². The summed E-state index contributed by atoms with van der Waals surface area (Å²) in [6.45, 7) is 13.3. The van der Waals surface area contributed by atoms with E-state index in [1.54, 1.807) is 0 Å². The van der Waals surface area contributed by atoms with Crippen molar-refractivity contribution in [1.29, 1.82) is 0 Å². The fraction of sp³-hybridized carbons (Fsp3) is 1.00. The van der Waals surface area contributed by atoms with E-state index in [0.717, 1.165) is 26.2 Å². The molecule has 17 heavy (non-hydrogen) atoms. The molecular formula is C12H32N4Zr. The molecule has 0 fully saturated rings. The van der Waals surface area contributed by atoms with Crippen molar-refractivity contribution in [2.75, 3.05) is 26.2 Å². The Hall–Kier alpha value is 0.723. The number of rotatable bonds is 12. The fourth-order valence-electron chi connectivity index (χ4n) is 1.62. The zero-order valence-corrected chi connectivity index (χ0v) is 14.6. The summed E-state index contributed by atoms with van der Waals surface area (Å²) < 4.78 is 15.1. The zero-order chi connectivity index (χ0) is 13.0. The van der Waals surface area contributed by atoms with Crippen LogP contribution in [0.15, 0.2) is 0 Å². The first kappa shape index (κ1) is 17.7. The Morgan fingerprint density at radius 3 is 0.941 bits per heavy atom. The van der Waals surface area contributed by atoms with Crippen molar-refractivity contribution < 1.29 is 21.4 Å². The Labute approximate surface area is 114 Å². The van der Waals surface area contributed by atoms with Crippen LogP contribution in [0.25, 0.3) is 0 Å². The summed E-state index contributed by atoms with van der Waals surface area (Å²) in [6.07, 6.45) is 4.75. The molecule has 0 aliphatic carbocycles. The van der Waals surface area contributed by atoms with Crippen LogP contribution in [0.2, 0.25) is 0 Å². The molecule has 0 aromatic heterocycles. The first-order valence-corrected chi connectivity index (χ1v) is 12.2. The molecular weight excluding hydrogens is 291 g/mol. The molecule has 0 rings (SSSR count). The van der Waals surface area contributed by atoms with Crippen LogP contribution in [0.5, 0.6) is 0 Å². The van der Waals surface area contributed by atoms with Gasteiger partial charge in [-0.3, -0.25) is 0 Å². The third-order valence-electron chi connectivity index (χ3n) is 2.56. The normalized spacial score (nSPS) is 12.0. The molecule has 0 aliphatic heterocycles. The van der Waals surface area contributed by atoms with Crippen LogP contribution in [-0.4, -0.2) is 26.2 Å². The molecule has 0 saturated carbocycles. The summed E-state index contributed by atoms with van der Waals surface area (Å²) in [4.78, 5) is 0. The van der Waals surface area contributed by atoms with Crippen molar-refractivity contribution in [2.45, 2.75) is 53.4 Å². The molecule has 0 atom stereocenters. The molecule has 5 heteroatoms. The van der Waals surface area contributed by atoms with Crippen LogP contribution in [0.3, 0.4) is 0 Å². The van der Waals surface area contributed by atoms with E-state index >= 15 is 0 Å². The molecule has 4 N–H and O–H groups in total. The molecule has 4 nitrogen and oxygen atoms in total. The third kappa shape index (κ3) is 8.44. The SMILES string of the molecule is CCC[NH][Zr]([NH]CCC)([NH]CCC)[NH]CCC. The van der Waals surface area contributed by atoms with E-state index in [1.807, 2.05) is 0 Å². The van der Waals surface area contributed by atoms with E-state index in [-0.39, 0.29) is 0 Å². The first-order chi connectivity index (χ1) is 8.24. The predicted octanol–water partition coefficient (Wildman–Crippen LogP) is 1.80. The van der Waals surface area contributed by atoms with Gasteiger partial charge in [-0.1, -0.05) is 0 Å². The summed E-state index contributed by atoms with van der Waals surface area (Å²) in [5.74, 6) is 0. The standard InChI is InChI=1S/4C3H8N.Zr/c4*1-2-3-4;/h4*4H,2-3H2,1H3;/q4*-1;+4. The van der Waals surface area contributed by atoms with Crippen molar-refractivity contribution in [3.63, 3.8) is 0 Å². The first-order valence-electron chi connectivity index (χ1n) is 7.24. The molecule has 0 aromatic carbocycles. The van der Waals surface area contributed by atoms with E-state index in [4.69, 9.17) is 0 Å². The van der Waals surface area contributed by atoms with Gasteiger partial charge < -0.3 is 0 Å². The van der Waals surface area contributed by atoms with Crippen LogP contribution in [0.4, 0.5) is 0 Å². The van der Waals surface area contributed by atoms with Gasteiger partial charge in [-0.15, -0.1) is 0 Å². The minimum atomic E-state index is -2.69. The van der Waals surface area contributed by atoms with E-state index in [0.29, 0.717) is 0 Å². The average molecular weight is 324 g/mol. The van der Waals surface area contributed by atoms with Crippen LogP contribution in [0, 0.1) is 0 Å². The predicted molar refractivity (Wildman–Crippen MR) is 73.2 cm³/mol. The number of hydrogen-bond donors (Lipinski definition) is 4. The quantitative estimate of drug-likeness (QED) is 0.442. The molecule has 0 spiro atoms. The molecule has 0 amide bonds. The monoisotopic (exact) mass is 322 g/mol. The fourth-order valence-corrected chi connectivity index (χ4v) is 9.61. The van der Waals surface area contributed by atoms with Gasteiger partial charge >= 0.3 is 114 Å². The summed E-state index contributed by atoms with van der Waals surface area (Å²) in [6, 6.07) is 0. The number of nitrogens with one attached hydrogen (secondary N) is 4. The molecule has 0 unspecified atom stereocenters. The van der Waals surface area contributed by atoms with Crippen LogP contribution in [-0.2, 0) is 21.4 Å². The Morgan fingerprint density at radius 1 is 0.529 bits per heavy atom. The molecule has 0 heterocycles. The average Bonchev–Trinajstić information content (AvgIpc) is 2.37. The van der Waals surface area contributed by atoms with Gasteiger partial charge in [0.15, 0.2) is 0 Å². The molecule has 0 aromatic rings. The van der Waals surface area contributed by atoms with Crippen molar-refractivity contribution in [3.8, 4) is 0 Å². The maximum atomic E-state index is 3.76. The van der Waals surface area contributed by atoms with E-state index in [1.165, 1.54) is 25.7 Å². The van der Waals surface area contributed by atoms with Gasteiger partial charge in [0.1, 0.15) is 0 Å². The second kappa shape index (κ2) is 11.8. The summed E-state index contributed by atoms with van der Waals surface area (Å²) >= 11 is -2.69. The maximum absolute atomic E-state index is 3.76. The zero-order valence-electron chi connectivity index (χ0n) is 12.2. The minimum absolute atomic E-state index is 1.10. The second-order valence-electron chi connectivity index (χ2n) is 4.46. The van der Waals surface area contributed by atoms with Crippen LogP contribution >= 0.6 is 0 Å². The molecule has 0 aliphatic rings. The molecule has 0 radical (unpaired) electrons. The summed E-state index contributed by atoms with van der Waals surface area (Å²) in [5.41, 5.74) is 0. The van der Waals surface area contributed by atoms with Crippen LogP contribution in [0.1, 0.15) is 53.4 Å². The van der Waals surface area contributed by atoms with Crippen molar-refractivity contribution in [1.82, 2.24) is 13.0 Å². The Morgan fingerprint density at radius 2 is 0.765 bits per heavy atom. The van der Waals surface area contributed by atoms with Gasteiger partial charge in [-0.05, 0) is 0 Å². The van der Waals surface area contributed by atoms with Crippen molar-refractivity contribution >= 4 is 0 Å². The van der Waals surface area contributed by atoms with E-state index < -0.39 is 21.4 Å². The third-order valence-corrected chi connectivity index (χ3v) is 10.2. The van der Waals surface area contributed by atoms with Gasteiger partial charge in [-0.25, -0.2) is 0 Å². The summed E-state index contributed by atoms with van der Waals surface area (Å²) in [5, 5.41) is 0. The van der Waals surface area contributed by atoms with Gasteiger partial charge in [0, 0.05) is 0 Å². The van der Waals surface area contributed by atoms with Gasteiger partial charge in [0.2, 0.25) is 0 Å². The Balaban J connectivity index is 4.39. The Kier molecular flexibility index (Phi) is 12.3. The van der Waals surface area contributed by atoms with Crippen LogP contribution < -0.4 is 13.0 Å². The Bertz CT molecular complexity index is 129. The van der Waals surface area contributed by atoms with E-state index in [9.17, 15) is 0 Å². The molecule has 0 saturated heterocycles. The van der Waals surface area contributed by atoms with Gasteiger partial charge in [0.25, 0.3) is 0 Å². The summed E-state index contributed by atoms with van der Waals surface area (Å²) in [7, 11) is 0. The molecule has 0 bridgehead atoms. The van der Waals surface area contributed by atoms with Gasteiger partial charge in [-0.2, -0.15) is 0 Å². The second-order valence-corrected chi connectivity index (χ2v) is 11.6. The topological polar surface area (TPSA) is 48.1 Å². The number of hydrogen-bond acceptors (Lipinski definition) is 4.